The van der Waals surface area contributed by atoms with Crippen LogP contribution in [0.15, 0.2) is 47.4 Å². The highest BCUT2D eigenvalue weighted by molar-refractivity contribution is 7.89. The van der Waals surface area contributed by atoms with E-state index in [2.05, 4.69) is 4.74 Å². The highest BCUT2D eigenvalue weighted by atomic mass is 32.2. The van der Waals surface area contributed by atoms with E-state index in [1.807, 2.05) is 0 Å². The van der Waals surface area contributed by atoms with Crippen LogP contribution in [0, 0.1) is 5.82 Å². The summed E-state index contributed by atoms with van der Waals surface area (Å²) in [7, 11) is -1.08. The zero-order chi connectivity index (χ0) is 18.9. The van der Waals surface area contributed by atoms with E-state index < -0.39 is 27.9 Å². The standard InChI is InChI=1S/C18H18FNO5S/c1-24-14-6-3-12(4-7-14)11-20-16(10-18(21)25-2)15-9-13(19)5-8-17(15)26(20,22)23/h3-9,16H,10-11H2,1-2H3/t16-/m0/s1. The lowest BCUT2D eigenvalue weighted by atomic mass is 10.0. The summed E-state index contributed by atoms with van der Waals surface area (Å²) in [5, 5.41) is 0. The maximum Gasteiger partial charge on any atom is 0.307 e. The molecule has 138 valence electrons. The Bertz CT molecular complexity index is 927. The monoisotopic (exact) mass is 379 g/mol. The second-order valence-corrected chi connectivity index (χ2v) is 7.74. The van der Waals surface area contributed by atoms with Crippen molar-refractivity contribution in [2.45, 2.75) is 23.9 Å². The second kappa shape index (κ2) is 7.05. The van der Waals surface area contributed by atoms with Gasteiger partial charge in [-0.3, -0.25) is 4.79 Å². The number of ether oxygens (including phenoxy) is 2. The Labute approximate surface area is 151 Å². The molecular weight excluding hydrogens is 361 g/mol. The van der Waals surface area contributed by atoms with Gasteiger partial charge >= 0.3 is 5.97 Å². The number of carbonyl (C=O) groups excluding carboxylic acids is 1. The van der Waals surface area contributed by atoms with Gasteiger partial charge in [-0.05, 0) is 41.5 Å². The van der Waals surface area contributed by atoms with Crippen LogP contribution >= 0.6 is 0 Å². The van der Waals surface area contributed by atoms with Crippen LogP contribution in [-0.4, -0.2) is 32.9 Å². The topological polar surface area (TPSA) is 72.9 Å². The summed E-state index contributed by atoms with van der Waals surface area (Å²) < 4.78 is 50.5. The van der Waals surface area contributed by atoms with Crippen LogP contribution in [0.2, 0.25) is 0 Å². The summed E-state index contributed by atoms with van der Waals surface area (Å²) in [4.78, 5) is 11.8. The smallest absolute Gasteiger partial charge is 0.307 e. The zero-order valence-corrected chi connectivity index (χ0v) is 15.1. The van der Waals surface area contributed by atoms with E-state index >= 15 is 0 Å². The summed E-state index contributed by atoms with van der Waals surface area (Å²) in [5.41, 5.74) is 0.987. The normalized spacial score (nSPS) is 18.3. The van der Waals surface area contributed by atoms with E-state index in [9.17, 15) is 17.6 Å². The molecule has 3 rings (SSSR count). The first-order valence-corrected chi connectivity index (χ1v) is 9.32. The summed E-state index contributed by atoms with van der Waals surface area (Å²) >= 11 is 0. The van der Waals surface area contributed by atoms with Gasteiger partial charge in [0.1, 0.15) is 11.6 Å². The van der Waals surface area contributed by atoms with Crippen LogP contribution < -0.4 is 4.74 Å². The molecule has 0 saturated carbocycles. The molecule has 0 aliphatic carbocycles. The molecule has 0 spiro atoms. The Kier molecular flexibility index (Phi) is 4.97. The average molecular weight is 379 g/mol. The number of nitrogens with zero attached hydrogens (tertiary/aromatic N) is 1. The molecule has 1 heterocycles. The minimum atomic E-state index is -3.85. The molecule has 0 bridgehead atoms. The molecule has 0 saturated heterocycles. The van der Waals surface area contributed by atoms with Crippen molar-refractivity contribution in [1.82, 2.24) is 4.31 Å². The molecular formula is C18H18FNO5S. The number of carbonyl (C=O) groups is 1. The van der Waals surface area contributed by atoms with Crippen molar-refractivity contribution in [2.24, 2.45) is 0 Å². The molecule has 8 heteroatoms. The fourth-order valence-corrected chi connectivity index (χ4v) is 4.85. The van der Waals surface area contributed by atoms with Gasteiger partial charge in [0.05, 0.1) is 31.6 Å². The Morgan fingerprint density at radius 3 is 2.46 bits per heavy atom. The van der Waals surface area contributed by atoms with E-state index in [4.69, 9.17) is 4.74 Å². The molecule has 6 nitrogen and oxygen atoms in total. The van der Waals surface area contributed by atoms with Crippen molar-refractivity contribution in [3.05, 3.63) is 59.4 Å². The van der Waals surface area contributed by atoms with Gasteiger partial charge in [0.15, 0.2) is 0 Å². The molecule has 0 radical (unpaired) electrons. The Morgan fingerprint density at radius 1 is 1.15 bits per heavy atom. The minimum absolute atomic E-state index is 0.0151. The first kappa shape index (κ1) is 18.3. The van der Waals surface area contributed by atoms with Crippen LogP contribution in [0.5, 0.6) is 5.75 Å². The van der Waals surface area contributed by atoms with Gasteiger partial charge in [-0.1, -0.05) is 12.1 Å². The largest absolute Gasteiger partial charge is 0.497 e. The van der Waals surface area contributed by atoms with Crippen LogP contribution in [0.1, 0.15) is 23.6 Å². The fourth-order valence-electron chi connectivity index (χ4n) is 3.02. The van der Waals surface area contributed by atoms with Crippen molar-refractivity contribution in [2.75, 3.05) is 14.2 Å². The number of hydrogen-bond acceptors (Lipinski definition) is 5. The minimum Gasteiger partial charge on any atom is -0.497 e. The van der Waals surface area contributed by atoms with Gasteiger partial charge in [0, 0.05) is 6.54 Å². The predicted octanol–water partition coefficient (Wildman–Crippen LogP) is 2.64. The van der Waals surface area contributed by atoms with Crippen molar-refractivity contribution in [1.29, 1.82) is 0 Å². The van der Waals surface area contributed by atoms with Crippen molar-refractivity contribution < 1.29 is 27.1 Å². The van der Waals surface area contributed by atoms with Crippen LogP contribution in [-0.2, 0) is 26.1 Å². The highest BCUT2D eigenvalue weighted by Gasteiger charge is 2.43. The fraction of sp³-hybridized carbons (Fsp3) is 0.278. The molecule has 0 aromatic heterocycles. The molecule has 1 atom stereocenters. The van der Waals surface area contributed by atoms with Gasteiger partial charge in [-0.15, -0.1) is 0 Å². The third-order valence-electron chi connectivity index (χ3n) is 4.35. The van der Waals surface area contributed by atoms with E-state index in [0.29, 0.717) is 5.75 Å². The molecule has 0 amide bonds. The molecule has 2 aromatic rings. The van der Waals surface area contributed by atoms with Gasteiger partial charge in [-0.25, -0.2) is 12.8 Å². The third kappa shape index (κ3) is 3.30. The number of rotatable bonds is 5. The Morgan fingerprint density at radius 2 is 1.85 bits per heavy atom. The number of sulfonamides is 1. The number of esters is 1. The molecule has 0 fully saturated rings. The van der Waals surface area contributed by atoms with Gasteiger partial charge in [0.25, 0.3) is 0 Å². The number of hydrogen-bond donors (Lipinski definition) is 0. The Balaban J connectivity index is 2.01. The summed E-state index contributed by atoms with van der Waals surface area (Å²) in [6.45, 7) is 0.0459. The average Bonchev–Trinajstić information content (AvgIpc) is 2.82. The number of fused-ring (bicyclic) bond motifs is 1. The lowest BCUT2D eigenvalue weighted by molar-refractivity contribution is -0.141. The molecule has 2 aromatic carbocycles. The molecule has 1 aliphatic rings. The molecule has 26 heavy (non-hydrogen) atoms. The Hall–Kier alpha value is -2.45. The predicted molar refractivity (Wildman–Crippen MR) is 91.5 cm³/mol. The number of benzene rings is 2. The van der Waals surface area contributed by atoms with Gasteiger partial charge in [-0.2, -0.15) is 4.31 Å². The summed E-state index contributed by atoms with van der Waals surface area (Å²) in [6, 6.07) is 9.61. The second-order valence-electron chi connectivity index (χ2n) is 5.88. The first-order chi connectivity index (χ1) is 12.4. The maximum atomic E-state index is 13.7. The van der Waals surface area contributed by atoms with Crippen molar-refractivity contribution >= 4 is 16.0 Å². The highest BCUT2D eigenvalue weighted by Crippen LogP contribution is 2.42. The van der Waals surface area contributed by atoms with Crippen LogP contribution in [0.4, 0.5) is 4.39 Å². The molecule has 0 unspecified atom stereocenters. The SMILES string of the molecule is COC(=O)C[C@H]1c2cc(F)ccc2S(=O)(=O)N1Cc1ccc(OC)cc1. The molecule has 1 aliphatic heterocycles. The van der Waals surface area contributed by atoms with Crippen LogP contribution in [0.25, 0.3) is 0 Å². The first-order valence-electron chi connectivity index (χ1n) is 7.88. The van der Waals surface area contributed by atoms with E-state index in [1.54, 1.807) is 24.3 Å². The number of halogens is 1. The summed E-state index contributed by atoms with van der Waals surface area (Å²) in [5.74, 6) is -0.475. The molecule has 0 N–H and O–H groups in total. The summed E-state index contributed by atoms with van der Waals surface area (Å²) in [6.07, 6.45) is -0.192. The van der Waals surface area contributed by atoms with Crippen LogP contribution in [0.3, 0.4) is 0 Å². The van der Waals surface area contributed by atoms with Crippen molar-refractivity contribution in [3.8, 4) is 5.75 Å². The lowest BCUT2D eigenvalue weighted by Crippen LogP contribution is -2.29. The lowest BCUT2D eigenvalue weighted by Gasteiger charge is -2.23. The van der Waals surface area contributed by atoms with E-state index in [0.717, 1.165) is 17.7 Å². The van der Waals surface area contributed by atoms with E-state index in [-0.39, 0.29) is 23.4 Å². The van der Waals surface area contributed by atoms with Gasteiger partial charge < -0.3 is 9.47 Å². The van der Waals surface area contributed by atoms with Crippen molar-refractivity contribution in [3.63, 3.8) is 0 Å². The van der Waals surface area contributed by atoms with E-state index in [1.165, 1.54) is 24.6 Å². The quantitative estimate of drug-likeness (QED) is 0.747. The van der Waals surface area contributed by atoms with Gasteiger partial charge in [0.2, 0.25) is 10.0 Å². The maximum absolute atomic E-state index is 13.7. The zero-order valence-electron chi connectivity index (χ0n) is 14.3. The number of methoxy groups -OCH3 is 2. The third-order valence-corrected chi connectivity index (χ3v) is 6.28.